The molecule has 116 valence electrons. The first-order chi connectivity index (χ1) is 9.83. The molecule has 0 radical (unpaired) electrons. The molecule has 1 aromatic heterocycles. The minimum Gasteiger partial charge on any atom is -0.378 e. The summed E-state index contributed by atoms with van der Waals surface area (Å²) in [6.45, 7) is 9.00. The van der Waals surface area contributed by atoms with Crippen LogP contribution in [0.4, 0.5) is 11.6 Å². The molecule has 2 rings (SSSR count). The molecule has 1 aliphatic rings. The summed E-state index contributed by atoms with van der Waals surface area (Å²) in [6.07, 6.45) is 0.439. The fourth-order valence-electron chi connectivity index (χ4n) is 2.17. The Labute approximate surface area is 130 Å². The highest BCUT2D eigenvalue weighted by Gasteiger charge is 2.18. The van der Waals surface area contributed by atoms with E-state index in [1.165, 1.54) is 0 Å². The summed E-state index contributed by atoms with van der Waals surface area (Å²) in [5.74, 6) is 1.22. The number of carbonyl (C=O) groups excluding carboxylic acids is 1. The molecule has 0 aliphatic carbocycles. The smallest absolute Gasteiger partial charge is 0.226 e. The van der Waals surface area contributed by atoms with Gasteiger partial charge in [0.15, 0.2) is 0 Å². The lowest BCUT2D eigenvalue weighted by Crippen LogP contribution is -2.36. The van der Waals surface area contributed by atoms with E-state index in [1.54, 1.807) is 6.07 Å². The van der Waals surface area contributed by atoms with Crippen LogP contribution in [0.3, 0.4) is 0 Å². The van der Waals surface area contributed by atoms with Crippen molar-refractivity contribution in [1.29, 1.82) is 0 Å². The molecule has 0 aromatic carbocycles. The van der Waals surface area contributed by atoms with E-state index in [4.69, 9.17) is 16.3 Å². The number of rotatable bonds is 3. The third kappa shape index (κ3) is 5.17. The number of anilines is 2. The molecule has 2 heterocycles. The zero-order valence-electron chi connectivity index (χ0n) is 12.8. The Morgan fingerprint density at radius 3 is 2.67 bits per heavy atom. The Hall–Kier alpha value is -1.33. The molecule has 1 aliphatic heterocycles. The lowest BCUT2D eigenvalue weighted by molar-refractivity contribution is -0.117. The highest BCUT2D eigenvalue weighted by atomic mass is 35.5. The van der Waals surface area contributed by atoms with Crippen LogP contribution in [0, 0.1) is 5.41 Å². The van der Waals surface area contributed by atoms with Crippen molar-refractivity contribution < 1.29 is 9.53 Å². The van der Waals surface area contributed by atoms with Crippen LogP contribution in [0.2, 0.25) is 5.02 Å². The summed E-state index contributed by atoms with van der Waals surface area (Å²) >= 11 is 6.14. The van der Waals surface area contributed by atoms with Gasteiger partial charge in [-0.25, -0.2) is 4.98 Å². The van der Waals surface area contributed by atoms with Gasteiger partial charge in [0.2, 0.25) is 5.91 Å². The lowest BCUT2D eigenvalue weighted by Gasteiger charge is -2.28. The molecule has 5 nitrogen and oxygen atoms in total. The number of ether oxygens (including phenoxy) is 1. The number of hydrogen-bond donors (Lipinski definition) is 1. The van der Waals surface area contributed by atoms with Crippen LogP contribution >= 0.6 is 11.6 Å². The minimum atomic E-state index is -0.0598. The van der Waals surface area contributed by atoms with Crippen molar-refractivity contribution in [1.82, 2.24) is 4.98 Å². The number of morpholine rings is 1. The maximum absolute atomic E-state index is 12.0. The first-order valence-corrected chi connectivity index (χ1v) is 7.51. The lowest BCUT2D eigenvalue weighted by atomic mass is 9.92. The second-order valence-corrected chi connectivity index (χ2v) is 6.85. The van der Waals surface area contributed by atoms with Gasteiger partial charge >= 0.3 is 0 Å². The van der Waals surface area contributed by atoms with Crippen molar-refractivity contribution in [2.45, 2.75) is 27.2 Å². The first kappa shape index (κ1) is 16.0. The fourth-order valence-corrected chi connectivity index (χ4v) is 2.37. The summed E-state index contributed by atoms with van der Waals surface area (Å²) in [7, 11) is 0. The van der Waals surface area contributed by atoms with E-state index >= 15 is 0 Å². The molecule has 21 heavy (non-hydrogen) atoms. The molecular formula is C15H22ClN3O2. The second-order valence-electron chi connectivity index (χ2n) is 6.41. The van der Waals surface area contributed by atoms with Gasteiger partial charge in [-0.1, -0.05) is 32.4 Å². The number of carbonyl (C=O) groups is 1. The van der Waals surface area contributed by atoms with Crippen molar-refractivity contribution in [3.63, 3.8) is 0 Å². The number of pyridine rings is 1. The van der Waals surface area contributed by atoms with Crippen LogP contribution in [-0.4, -0.2) is 37.2 Å². The highest BCUT2D eigenvalue weighted by molar-refractivity contribution is 6.31. The van der Waals surface area contributed by atoms with E-state index in [2.05, 4.69) is 15.2 Å². The van der Waals surface area contributed by atoms with Gasteiger partial charge in [-0.3, -0.25) is 4.79 Å². The molecule has 1 fully saturated rings. The van der Waals surface area contributed by atoms with Gasteiger partial charge in [0.25, 0.3) is 0 Å². The van der Waals surface area contributed by atoms with Crippen LogP contribution in [0.15, 0.2) is 12.1 Å². The molecule has 0 spiro atoms. The van der Waals surface area contributed by atoms with Crippen molar-refractivity contribution in [3.05, 3.63) is 17.2 Å². The monoisotopic (exact) mass is 311 g/mol. The summed E-state index contributed by atoms with van der Waals surface area (Å²) in [5, 5.41) is 3.39. The zero-order valence-corrected chi connectivity index (χ0v) is 13.5. The average Bonchev–Trinajstić information content (AvgIpc) is 2.36. The number of halogens is 1. The third-order valence-corrected chi connectivity index (χ3v) is 3.29. The standard InChI is InChI=1S/C15H22ClN3O2/c1-15(2,3)10-14(20)18-12-8-11(16)9-13(17-12)19-4-6-21-7-5-19/h8-9H,4-7,10H2,1-3H3,(H,17,18,20). The van der Waals surface area contributed by atoms with Gasteiger partial charge in [0.1, 0.15) is 11.6 Å². The number of aromatic nitrogens is 1. The molecule has 0 saturated carbocycles. The van der Waals surface area contributed by atoms with Crippen LogP contribution in [0.25, 0.3) is 0 Å². The second kappa shape index (κ2) is 6.62. The molecule has 1 saturated heterocycles. The normalized spacial score (nSPS) is 15.9. The van der Waals surface area contributed by atoms with Crippen molar-refractivity contribution in [2.24, 2.45) is 5.41 Å². The molecule has 1 N–H and O–H groups in total. The van der Waals surface area contributed by atoms with Crippen LogP contribution in [0.5, 0.6) is 0 Å². The van der Waals surface area contributed by atoms with E-state index in [0.29, 0.717) is 30.5 Å². The quantitative estimate of drug-likeness (QED) is 0.932. The van der Waals surface area contributed by atoms with E-state index in [0.717, 1.165) is 18.9 Å². The van der Waals surface area contributed by atoms with Crippen molar-refractivity contribution in [2.75, 3.05) is 36.5 Å². The van der Waals surface area contributed by atoms with E-state index in [-0.39, 0.29) is 11.3 Å². The van der Waals surface area contributed by atoms with Crippen LogP contribution in [0.1, 0.15) is 27.2 Å². The maximum Gasteiger partial charge on any atom is 0.226 e. The van der Waals surface area contributed by atoms with Gasteiger partial charge in [0, 0.05) is 24.5 Å². The van der Waals surface area contributed by atoms with Gasteiger partial charge < -0.3 is 15.0 Å². The van der Waals surface area contributed by atoms with Gasteiger partial charge in [-0.05, 0) is 17.5 Å². The summed E-state index contributed by atoms with van der Waals surface area (Å²) < 4.78 is 5.33. The first-order valence-electron chi connectivity index (χ1n) is 7.14. The third-order valence-electron chi connectivity index (χ3n) is 3.07. The van der Waals surface area contributed by atoms with Crippen LogP contribution < -0.4 is 10.2 Å². The predicted molar refractivity (Wildman–Crippen MR) is 85.0 cm³/mol. The Bertz CT molecular complexity index is 508. The molecule has 0 atom stereocenters. The predicted octanol–water partition coefficient (Wildman–Crippen LogP) is 2.95. The van der Waals surface area contributed by atoms with E-state index in [1.807, 2.05) is 26.8 Å². The molecule has 6 heteroatoms. The largest absolute Gasteiger partial charge is 0.378 e. The summed E-state index contributed by atoms with van der Waals surface area (Å²) in [5.41, 5.74) is -0.0598. The molecule has 0 bridgehead atoms. The number of nitrogens with one attached hydrogen (secondary N) is 1. The van der Waals surface area contributed by atoms with E-state index < -0.39 is 0 Å². The number of hydrogen-bond acceptors (Lipinski definition) is 4. The van der Waals surface area contributed by atoms with Gasteiger partial charge in [-0.15, -0.1) is 0 Å². The van der Waals surface area contributed by atoms with Crippen LogP contribution in [-0.2, 0) is 9.53 Å². The average molecular weight is 312 g/mol. The van der Waals surface area contributed by atoms with Crippen molar-refractivity contribution >= 4 is 29.1 Å². The Kier molecular flexibility index (Phi) is 5.06. The summed E-state index contributed by atoms with van der Waals surface area (Å²) in [4.78, 5) is 18.6. The van der Waals surface area contributed by atoms with Crippen molar-refractivity contribution in [3.8, 4) is 0 Å². The summed E-state index contributed by atoms with van der Waals surface area (Å²) in [6, 6.07) is 3.48. The molecule has 1 amide bonds. The highest BCUT2D eigenvalue weighted by Crippen LogP contribution is 2.24. The zero-order chi connectivity index (χ0) is 15.5. The Morgan fingerprint density at radius 1 is 1.38 bits per heavy atom. The fraction of sp³-hybridized carbons (Fsp3) is 0.600. The minimum absolute atomic E-state index is 0.0507. The van der Waals surface area contributed by atoms with Gasteiger partial charge in [-0.2, -0.15) is 0 Å². The number of amides is 1. The van der Waals surface area contributed by atoms with Gasteiger partial charge in [0.05, 0.1) is 13.2 Å². The molecular weight excluding hydrogens is 290 g/mol. The Balaban J connectivity index is 2.09. The molecule has 1 aromatic rings. The van der Waals surface area contributed by atoms with E-state index in [9.17, 15) is 4.79 Å². The Morgan fingerprint density at radius 2 is 2.05 bits per heavy atom. The number of nitrogens with zero attached hydrogens (tertiary/aromatic N) is 2. The SMILES string of the molecule is CC(C)(C)CC(=O)Nc1cc(Cl)cc(N2CCOCC2)n1. The maximum atomic E-state index is 12.0. The molecule has 0 unspecified atom stereocenters. The topological polar surface area (TPSA) is 54.5 Å².